The number of nitriles is 2. The van der Waals surface area contributed by atoms with Crippen molar-refractivity contribution in [2.24, 2.45) is 16.7 Å². The topological polar surface area (TPSA) is 102 Å². The molecule has 0 radical (unpaired) electrons. The fourth-order valence-corrected chi connectivity index (χ4v) is 4.56. The highest BCUT2D eigenvalue weighted by atomic mass is 16.7. The first-order valence-corrected chi connectivity index (χ1v) is 8.43. The molecule has 7 nitrogen and oxygen atoms in total. The Bertz CT molecular complexity index is 840. The van der Waals surface area contributed by atoms with Crippen molar-refractivity contribution in [3.8, 4) is 23.6 Å². The predicted molar refractivity (Wildman–Crippen MR) is 87.3 cm³/mol. The molecule has 1 spiro atoms. The Morgan fingerprint density at radius 3 is 2.62 bits per heavy atom. The molecule has 3 fully saturated rings. The van der Waals surface area contributed by atoms with Crippen LogP contribution >= 0.6 is 0 Å². The van der Waals surface area contributed by atoms with Crippen LogP contribution in [0, 0.1) is 39.4 Å². The van der Waals surface area contributed by atoms with E-state index >= 15 is 0 Å². The smallest absolute Gasteiger partial charge is 0.169 e. The van der Waals surface area contributed by atoms with Gasteiger partial charge in [-0.3, -0.25) is 4.79 Å². The standard InChI is InChI=1S/C19H18N2O5/c1-23-13-4-3-11(7-14(13)24-2)15(22)16-18(9-20,10-21)19(16)6-5-12-8-25-17(19)26-12/h3-4,7,12,16-17H,5-6,8H2,1-2H3. The molecule has 0 aromatic heterocycles. The molecule has 1 aromatic carbocycles. The van der Waals surface area contributed by atoms with Crippen LogP contribution in [0.15, 0.2) is 18.2 Å². The van der Waals surface area contributed by atoms with E-state index in [9.17, 15) is 15.3 Å². The molecule has 26 heavy (non-hydrogen) atoms. The summed E-state index contributed by atoms with van der Waals surface area (Å²) in [5.41, 5.74) is -1.97. The van der Waals surface area contributed by atoms with Crippen molar-refractivity contribution in [3.63, 3.8) is 0 Å². The maximum atomic E-state index is 13.2. The fourth-order valence-electron chi connectivity index (χ4n) is 4.56. The summed E-state index contributed by atoms with van der Waals surface area (Å²) in [6, 6.07) is 9.04. The van der Waals surface area contributed by atoms with Crippen molar-refractivity contribution in [1.82, 2.24) is 0 Å². The van der Waals surface area contributed by atoms with Crippen LogP contribution in [-0.2, 0) is 9.47 Å². The van der Waals surface area contributed by atoms with Gasteiger partial charge in [0.15, 0.2) is 29.0 Å². The molecule has 2 saturated heterocycles. The lowest BCUT2D eigenvalue weighted by Crippen LogP contribution is -2.35. The second-order valence-corrected chi connectivity index (χ2v) is 6.90. The number of Topliss-reactive ketones (excluding diaryl/α,β-unsaturated/α-hetero) is 1. The summed E-state index contributed by atoms with van der Waals surface area (Å²) in [7, 11) is 3.00. The summed E-state index contributed by atoms with van der Waals surface area (Å²) in [5.74, 6) is -0.132. The van der Waals surface area contributed by atoms with Gasteiger partial charge in [-0.15, -0.1) is 0 Å². The normalized spacial score (nSPS) is 33.2. The number of ether oxygens (including phenoxy) is 4. The fraction of sp³-hybridized carbons (Fsp3) is 0.526. The number of carbonyl (C=O) groups excluding carboxylic acids is 1. The molecule has 7 heteroatoms. The maximum absolute atomic E-state index is 13.2. The van der Waals surface area contributed by atoms with Crippen molar-refractivity contribution in [3.05, 3.63) is 23.8 Å². The maximum Gasteiger partial charge on any atom is 0.169 e. The van der Waals surface area contributed by atoms with E-state index < -0.39 is 23.0 Å². The average Bonchev–Trinajstić information content (AvgIpc) is 3.06. The van der Waals surface area contributed by atoms with E-state index in [4.69, 9.17) is 18.9 Å². The average molecular weight is 354 g/mol. The molecule has 1 saturated carbocycles. The lowest BCUT2D eigenvalue weighted by atomic mass is 9.86. The third-order valence-electron chi connectivity index (χ3n) is 5.93. The molecule has 4 atom stereocenters. The highest BCUT2D eigenvalue weighted by Crippen LogP contribution is 2.76. The summed E-state index contributed by atoms with van der Waals surface area (Å²) in [6.07, 6.45) is 0.539. The minimum atomic E-state index is -1.43. The number of benzene rings is 1. The third kappa shape index (κ3) is 1.90. The minimum Gasteiger partial charge on any atom is -0.493 e. The predicted octanol–water partition coefficient (Wildman–Crippen LogP) is 2.07. The van der Waals surface area contributed by atoms with E-state index in [2.05, 4.69) is 12.1 Å². The minimum absolute atomic E-state index is 0.0156. The number of methoxy groups -OCH3 is 2. The summed E-state index contributed by atoms with van der Waals surface area (Å²) in [5, 5.41) is 19.5. The molecule has 3 aliphatic rings. The highest BCUT2D eigenvalue weighted by Gasteiger charge is 2.86. The summed E-state index contributed by atoms with van der Waals surface area (Å²) >= 11 is 0. The van der Waals surface area contributed by atoms with Gasteiger partial charge in [-0.05, 0) is 31.0 Å². The SMILES string of the molecule is COc1ccc(C(=O)C2C(C#N)(C#N)C23CCC2COC3O2)cc1OC. The Balaban J connectivity index is 1.74. The van der Waals surface area contributed by atoms with Gasteiger partial charge in [-0.2, -0.15) is 10.5 Å². The van der Waals surface area contributed by atoms with Gasteiger partial charge in [0, 0.05) is 5.56 Å². The third-order valence-corrected chi connectivity index (χ3v) is 5.93. The van der Waals surface area contributed by atoms with E-state index in [-0.39, 0.29) is 11.9 Å². The van der Waals surface area contributed by atoms with Gasteiger partial charge in [-0.1, -0.05) is 0 Å². The van der Waals surface area contributed by atoms with Crippen LogP contribution in [-0.4, -0.2) is 39.0 Å². The Labute approximate surface area is 151 Å². The second-order valence-electron chi connectivity index (χ2n) is 6.90. The molecule has 2 bridgehead atoms. The highest BCUT2D eigenvalue weighted by molar-refractivity contribution is 6.03. The van der Waals surface area contributed by atoms with Gasteiger partial charge in [0.25, 0.3) is 0 Å². The van der Waals surface area contributed by atoms with Crippen LogP contribution in [0.25, 0.3) is 0 Å². The van der Waals surface area contributed by atoms with Crippen LogP contribution < -0.4 is 9.47 Å². The van der Waals surface area contributed by atoms with Crippen LogP contribution in [0.1, 0.15) is 23.2 Å². The monoisotopic (exact) mass is 354 g/mol. The number of hydrogen-bond acceptors (Lipinski definition) is 7. The van der Waals surface area contributed by atoms with E-state index in [1.807, 2.05) is 0 Å². The van der Waals surface area contributed by atoms with E-state index in [1.165, 1.54) is 14.2 Å². The lowest BCUT2D eigenvalue weighted by molar-refractivity contribution is -0.140. The lowest BCUT2D eigenvalue weighted by Gasteiger charge is -2.29. The number of hydrogen-bond donors (Lipinski definition) is 0. The molecule has 134 valence electrons. The molecule has 0 amide bonds. The Hall–Kier alpha value is -2.61. The van der Waals surface area contributed by atoms with E-state index in [1.54, 1.807) is 18.2 Å². The van der Waals surface area contributed by atoms with Gasteiger partial charge in [-0.25, -0.2) is 0 Å². The molecule has 2 aliphatic heterocycles. The number of ketones is 1. The first kappa shape index (κ1) is 16.8. The first-order chi connectivity index (χ1) is 12.6. The zero-order valence-corrected chi connectivity index (χ0v) is 14.5. The number of fused-ring (bicyclic) bond motifs is 3. The molecule has 2 heterocycles. The molecule has 4 rings (SSSR count). The van der Waals surface area contributed by atoms with E-state index in [0.29, 0.717) is 36.5 Å². The molecule has 0 N–H and O–H groups in total. The molecule has 1 aliphatic carbocycles. The van der Waals surface area contributed by atoms with Crippen LogP contribution in [0.2, 0.25) is 0 Å². The first-order valence-electron chi connectivity index (χ1n) is 8.43. The number of rotatable bonds is 4. The quantitative estimate of drug-likeness (QED) is 0.763. The molecule has 4 unspecified atom stereocenters. The Morgan fingerprint density at radius 1 is 1.23 bits per heavy atom. The zero-order valence-electron chi connectivity index (χ0n) is 14.5. The van der Waals surface area contributed by atoms with Crippen molar-refractivity contribution in [2.45, 2.75) is 25.2 Å². The summed E-state index contributed by atoms with van der Waals surface area (Å²) in [4.78, 5) is 13.2. The number of carbonyl (C=O) groups is 1. The van der Waals surface area contributed by atoms with Crippen molar-refractivity contribution < 1.29 is 23.7 Å². The number of nitrogens with zero attached hydrogens (tertiary/aromatic N) is 2. The van der Waals surface area contributed by atoms with Gasteiger partial charge in [0.05, 0.1) is 50.4 Å². The largest absolute Gasteiger partial charge is 0.493 e. The Kier molecular flexibility index (Phi) is 3.69. The van der Waals surface area contributed by atoms with Gasteiger partial charge in [0.1, 0.15) is 0 Å². The molecular formula is C19H18N2O5. The summed E-state index contributed by atoms with van der Waals surface area (Å²) < 4.78 is 22.0. The zero-order chi connectivity index (χ0) is 18.5. The molecule has 1 aromatic rings. The van der Waals surface area contributed by atoms with Gasteiger partial charge < -0.3 is 18.9 Å². The Morgan fingerprint density at radius 2 is 1.96 bits per heavy atom. The molecular weight excluding hydrogens is 336 g/mol. The summed E-state index contributed by atoms with van der Waals surface area (Å²) in [6.45, 7) is 0.441. The second kappa shape index (κ2) is 5.70. The van der Waals surface area contributed by atoms with Crippen LogP contribution in [0.3, 0.4) is 0 Å². The van der Waals surface area contributed by atoms with Crippen molar-refractivity contribution >= 4 is 5.78 Å². The van der Waals surface area contributed by atoms with Crippen LogP contribution in [0.4, 0.5) is 0 Å². The van der Waals surface area contributed by atoms with E-state index in [0.717, 1.165) is 0 Å². The van der Waals surface area contributed by atoms with Crippen LogP contribution in [0.5, 0.6) is 11.5 Å². The van der Waals surface area contributed by atoms with Gasteiger partial charge in [0.2, 0.25) is 0 Å². The van der Waals surface area contributed by atoms with Crippen molar-refractivity contribution in [1.29, 1.82) is 10.5 Å². The van der Waals surface area contributed by atoms with Crippen molar-refractivity contribution in [2.75, 3.05) is 20.8 Å². The van der Waals surface area contributed by atoms with Gasteiger partial charge >= 0.3 is 0 Å².